The number of hydrogen-bond donors (Lipinski definition) is 1. The molecule has 2 atom stereocenters. The number of hydrogen-bond acceptors (Lipinski definition) is 3. The standard InChI is InChI=1S/C15H20N2O2/c18-15(17-6-8-19-9-7-17)14-11-16-10-13(14)12-4-2-1-3-5-12/h1-5,13-14,16H,6-11H2. The van der Waals surface area contributed by atoms with Crippen molar-refractivity contribution in [1.29, 1.82) is 0 Å². The van der Waals surface area contributed by atoms with Crippen LogP contribution in [0, 0.1) is 5.92 Å². The highest BCUT2D eigenvalue weighted by Crippen LogP contribution is 2.29. The van der Waals surface area contributed by atoms with Crippen LogP contribution in [-0.2, 0) is 9.53 Å². The van der Waals surface area contributed by atoms with Crippen LogP contribution in [0.5, 0.6) is 0 Å². The molecule has 2 heterocycles. The smallest absolute Gasteiger partial charge is 0.227 e. The van der Waals surface area contributed by atoms with E-state index in [9.17, 15) is 4.79 Å². The van der Waals surface area contributed by atoms with Gasteiger partial charge in [-0.15, -0.1) is 0 Å². The second-order valence-electron chi connectivity index (χ2n) is 5.22. The lowest BCUT2D eigenvalue weighted by Crippen LogP contribution is -2.45. The van der Waals surface area contributed by atoms with Crippen LogP contribution >= 0.6 is 0 Å². The summed E-state index contributed by atoms with van der Waals surface area (Å²) in [7, 11) is 0. The molecule has 0 aliphatic carbocycles. The van der Waals surface area contributed by atoms with Crippen molar-refractivity contribution in [1.82, 2.24) is 10.2 Å². The number of nitrogens with one attached hydrogen (secondary N) is 1. The second kappa shape index (κ2) is 5.72. The highest BCUT2D eigenvalue weighted by Gasteiger charge is 2.36. The highest BCUT2D eigenvalue weighted by atomic mass is 16.5. The summed E-state index contributed by atoms with van der Waals surface area (Å²) < 4.78 is 5.31. The van der Waals surface area contributed by atoms with Gasteiger partial charge in [0.25, 0.3) is 0 Å². The minimum atomic E-state index is 0.0699. The van der Waals surface area contributed by atoms with Gasteiger partial charge in [0.15, 0.2) is 0 Å². The quantitative estimate of drug-likeness (QED) is 0.857. The van der Waals surface area contributed by atoms with Crippen molar-refractivity contribution in [3.05, 3.63) is 35.9 Å². The average Bonchev–Trinajstić information content (AvgIpc) is 2.98. The summed E-state index contributed by atoms with van der Waals surface area (Å²) in [5, 5.41) is 3.36. The molecule has 0 bridgehead atoms. The largest absolute Gasteiger partial charge is 0.378 e. The Morgan fingerprint density at radius 1 is 1.16 bits per heavy atom. The Kier molecular flexibility index (Phi) is 3.80. The Morgan fingerprint density at radius 2 is 1.89 bits per heavy atom. The zero-order valence-corrected chi connectivity index (χ0v) is 11.0. The number of rotatable bonds is 2. The van der Waals surface area contributed by atoms with Gasteiger partial charge in [-0.05, 0) is 5.56 Å². The molecule has 102 valence electrons. The fraction of sp³-hybridized carbons (Fsp3) is 0.533. The van der Waals surface area contributed by atoms with Crippen LogP contribution in [0.2, 0.25) is 0 Å². The topological polar surface area (TPSA) is 41.6 Å². The molecule has 0 saturated carbocycles. The number of morpholine rings is 1. The van der Waals surface area contributed by atoms with Crippen molar-refractivity contribution in [3.8, 4) is 0 Å². The SMILES string of the molecule is O=C(C1CNCC1c1ccccc1)N1CCOCC1. The number of benzene rings is 1. The van der Waals surface area contributed by atoms with E-state index in [-0.39, 0.29) is 11.8 Å². The summed E-state index contributed by atoms with van der Waals surface area (Å²) in [5.74, 6) is 0.652. The molecule has 2 aliphatic heterocycles. The molecule has 0 radical (unpaired) electrons. The third-order valence-electron chi connectivity index (χ3n) is 4.08. The van der Waals surface area contributed by atoms with E-state index in [0.717, 1.165) is 26.2 Å². The minimum Gasteiger partial charge on any atom is -0.378 e. The summed E-state index contributed by atoms with van der Waals surface area (Å²) in [5.41, 5.74) is 1.26. The van der Waals surface area contributed by atoms with E-state index in [0.29, 0.717) is 19.1 Å². The zero-order chi connectivity index (χ0) is 13.1. The van der Waals surface area contributed by atoms with Crippen molar-refractivity contribution in [3.63, 3.8) is 0 Å². The van der Waals surface area contributed by atoms with E-state index in [4.69, 9.17) is 4.74 Å². The molecule has 1 amide bonds. The van der Waals surface area contributed by atoms with Crippen LogP contribution in [0.25, 0.3) is 0 Å². The molecule has 3 rings (SSSR count). The van der Waals surface area contributed by atoms with Gasteiger partial charge in [0.2, 0.25) is 5.91 Å². The molecule has 1 N–H and O–H groups in total. The number of ether oxygens (including phenoxy) is 1. The summed E-state index contributed by atoms with van der Waals surface area (Å²) in [4.78, 5) is 14.6. The van der Waals surface area contributed by atoms with Crippen molar-refractivity contribution < 1.29 is 9.53 Å². The van der Waals surface area contributed by atoms with Gasteiger partial charge in [-0.1, -0.05) is 30.3 Å². The summed E-state index contributed by atoms with van der Waals surface area (Å²) in [6, 6.07) is 10.4. The third-order valence-corrected chi connectivity index (χ3v) is 4.08. The normalized spacial score (nSPS) is 27.5. The van der Waals surface area contributed by atoms with Gasteiger partial charge < -0.3 is 15.0 Å². The first kappa shape index (κ1) is 12.6. The number of carbonyl (C=O) groups excluding carboxylic acids is 1. The Bertz CT molecular complexity index is 429. The Balaban J connectivity index is 1.74. The summed E-state index contributed by atoms with van der Waals surface area (Å²) in [6.07, 6.45) is 0. The van der Waals surface area contributed by atoms with Crippen LogP contribution in [0.4, 0.5) is 0 Å². The van der Waals surface area contributed by atoms with E-state index in [1.165, 1.54) is 5.56 Å². The van der Waals surface area contributed by atoms with Crippen molar-refractivity contribution in [2.75, 3.05) is 39.4 Å². The van der Waals surface area contributed by atoms with Crippen molar-refractivity contribution in [2.24, 2.45) is 5.92 Å². The van der Waals surface area contributed by atoms with Crippen molar-refractivity contribution >= 4 is 5.91 Å². The maximum absolute atomic E-state index is 12.6. The second-order valence-corrected chi connectivity index (χ2v) is 5.22. The van der Waals surface area contributed by atoms with Gasteiger partial charge in [-0.2, -0.15) is 0 Å². The predicted octanol–water partition coefficient (Wildman–Crippen LogP) is 0.848. The summed E-state index contributed by atoms with van der Waals surface area (Å²) in [6.45, 7) is 4.48. The van der Waals surface area contributed by atoms with E-state index in [1.54, 1.807) is 0 Å². The van der Waals surface area contributed by atoms with Gasteiger partial charge in [0, 0.05) is 32.1 Å². The van der Waals surface area contributed by atoms with Crippen LogP contribution < -0.4 is 5.32 Å². The Morgan fingerprint density at radius 3 is 2.63 bits per heavy atom. The molecule has 1 aromatic carbocycles. The lowest BCUT2D eigenvalue weighted by Gasteiger charge is -2.31. The number of carbonyl (C=O) groups is 1. The lowest BCUT2D eigenvalue weighted by molar-refractivity contribution is -0.139. The van der Waals surface area contributed by atoms with Crippen LogP contribution in [0.1, 0.15) is 11.5 Å². The Labute approximate surface area is 113 Å². The average molecular weight is 260 g/mol. The molecule has 2 fully saturated rings. The monoisotopic (exact) mass is 260 g/mol. The molecule has 4 nitrogen and oxygen atoms in total. The molecule has 0 aromatic heterocycles. The lowest BCUT2D eigenvalue weighted by atomic mass is 9.88. The third kappa shape index (κ3) is 2.65. The van der Waals surface area contributed by atoms with Crippen LogP contribution in [0.3, 0.4) is 0 Å². The predicted molar refractivity (Wildman–Crippen MR) is 72.9 cm³/mol. The van der Waals surface area contributed by atoms with E-state index >= 15 is 0 Å². The van der Waals surface area contributed by atoms with Crippen molar-refractivity contribution in [2.45, 2.75) is 5.92 Å². The van der Waals surface area contributed by atoms with Gasteiger partial charge in [-0.3, -0.25) is 4.79 Å². The first-order valence-electron chi connectivity index (χ1n) is 6.98. The number of amides is 1. The first-order valence-corrected chi connectivity index (χ1v) is 6.98. The van der Waals surface area contributed by atoms with Gasteiger partial charge in [0.1, 0.15) is 0 Å². The number of nitrogens with zero attached hydrogens (tertiary/aromatic N) is 1. The highest BCUT2D eigenvalue weighted by molar-refractivity contribution is 5.80. The Hall–Kier alpha value is -1.39. The molecular weight excluding hydrogens is 240 g/mol. The molecule has 2 unspecified atom stereocenters. The van der Waals surface area contributed by atoms with Gasteiger partial charge >= 0.3 is 0 Å². The maximum atomic E-state index is 12.6. The minimum absolute atomic E-state index is 0.0699. The molecule has 19 heavy (non-hydrogen) atoms. The fourth-order valence-electron chi connectivity index (χ4n) is 3.01. The summed E-state index contributed by atoms with van der Waals surface area (Å²) >= 11 is 0. The molecule has 4 heteroatoms. The molecular formula is C15H20N2O2. The zero-order valence-electron chi connectivity index (χ0n) is 11.0. The molecule has 2 saturated heterocycles. The van der Waals surface area contributed by atoms with E-state index in [2.05, 4.69) is 17.4 Å². The van der Waals surface area contributed by atoms with Gasteiger partial charge in [0.05, 0.1) is 19.1 Å². The molecule has 1 aromatic rings. The van der Waals surface area contributed by atoms with Crippen LogP contribution in [-0.4, -0.2) is 50.2 Å². The van der Waals surface area contributed by atoms with E-state index in [1.807, 2.05) is 23.1 Å². The van der Waals surface area contributed by atoms with E-state index < -0.39 is 0 Å². The van der Waals surface area contributed by atoms with Gasteiger partial charge in [-0.25, -0.2) is 0 Å². The first-order chi connectivity index (χ1) is 9.36. The maximum Gasteiger partial charge on any atom is 0.227 e. The molecule has 0 spiro atoms. The molecule has 2 aliphatic rings. The fourth-order valence-corrected chi connectivity index (χ4v) is 3.01. The van der Waals surface area contributed by atoms with Crippen LogP contribution in [0.15, 0.2) is 30.3 Å².